The Bertz CT molecular complexity index is 299. The van der Waals surface area contributed by atoms with Gasteiger partial charge in [-0.15, -0.1) is 11.3 Å². The molecule has 1 unspecified atom stereocenters. The van der Waals surface area contributed by atoms with E-state index in [0.717, 1.165) is 18.8 Å². The van der Waals surface area contributed by atoms with Crippen LogP contribution in [0.25, 0.3) is 0 Å². The van der Waals surface area contributed by atoms with Crippen LogP contribution in [0.5, 0.6) is 0 Å². The third-order valence-electron chi connectivity index (χ3n) is 3.39. The maximum Gasteiger partial charge on any atom is 0.0884 e. The third kappa shape index (κ3) is 2.82. The van der Waals surface area contributed by atoms with E-state index in [9.17, 15) is 5.11 Å². The number of thiophene rings is 1. The van der Waals surface area contributed by atoms with Crippen molar-refractivity contribution in [2.24, 2.45) is 5.92 Å². The van der Waals surface area contributed by atoms with Gasteiger partial charge in [0.1, 0.15) is 0 Å². The quantitative estimate of drug-likeness (QED) is 0.821. The molecule has 1 aliphatic carbocycles. The van der Waals surface area contributed by atoms with Crippen LogP contribution in [-0.4, -0.2) is 5.11 Å². The number of rotatable bonds is 4. The lowest BCUT2D eigenvalue weighted by molar-refractivity contribution is 0.148. The Balaban J connectivity index is 1.91. The highest BCUT2D eigenvalue weighted by Crippen LogP contribution is 2.35. The smallest absolute Gasteiger partial charge is 0.0884 e. The molecular formula is C13H20OS. The summed E-state index contributed by atoms with van der Waals surface area (Å²) in [5.41, 5.74) is 0. The SMILES string of the molecule is CCc1ccc(C(O)CC2CCCC2)s1. The predicted octanol–water partition coefficient (Wildman–Crippen LogP) is 3.92. The van der Waals surface area contributed by atoms with Gasteiger partial charge in [-0.1, -0.05) is 32.6 Å². The zero-order chi connectivity index (χ0) is 10.7. The van der Waals surface area contributed by atoms with Crippen molar-refractivity contribution >= 4 is 11.3 Å². The van der Waals surface area contributed by atoms with E-state index in [1.54, 1.807) is 11.3 Å². The number of hydrogen-bond donors (Lipinski definition) is 1. The summed E-state index contributed by atoms with van der Waals surface area (Å²) in [4.78, 5) is 2.55. The van der Waals surface area contributed by atoms with E-state index in [4.69, 9.17) is 0 Å². The lowest BCUT2D eigenvalue weighted by Crippen LogP contribution is -2.02. The molecule has 15 heavy (non-hydrogen) atoms. The highest BCUT2D eigenvalue weighted by Gasteiger charge is 2.20. The lowest BCUT2D eigenvalue weighted by Gasteiger charge is -2.13. The van der Waals surface area contributed by atoms with Crippen LogP contribution in [0.15, 0.2) is 12.1 Å². The maximum absolute atomic E-state index is 10.1. The first-order valence-corrected chi connectivity index (χ1v) is 6.88. The summed E-state index contributed by atoms with van der Waals surface area (Å²) in [6, 6.07) is 4.25. The van der Waals surface area contributed by atoms with Crippen LogP contribution in [-0.2, 0) is 6.42 Å². The molecule has 0 bridgehead atoms. The molecule has 84 valence electrons. The van der Waals surface area contributed by atoms with Crippen LogP contribution in [0.3, 0.4) is 0 Å². The maximum atomic E-state index is 10.1. The molecule has 1 fully saturated rings. The molecule has 1 saturated carbocycles. The van der Waals surface area contributed by atoms with Gasteiger partial charge in [-0.05, 0) is 30.9 Å². The molecule has 1 N–H and O–H groups in total. The lowest BCUT2D eigenvalue weighted by atomic mass is 9.99. The summed E-state index contributed by atoms with van der Waals surface area (Å²) in [7, 11) is 0. The number of aliphatic hydroxyl groups excluding tert-OH is 1. The first-order valence-electron chi connectivity index (χ1n) is 6.06. The van der Waals surface area contributed by atoms with Crippen LogP contribution in [0.1, 0.15) is 54.9 Å². The minimum Gasteiger partial charge on any atom is -0.388 e. The molecule has 0 saturated heterocycles. The highest BCUT2D eigenvalue weighted by atomic mass is 32.1. The van der Waals surface area contributed by atoms with E-state index in [-0.39, 0.29) is 6.10 Å². The van der Waals surface area contributed by atoms with Crippen molar-refractivity contribution < 1.29 is 5.11 Å². The van der Waals surface area contributed by atoms with Gasteiger partial charge in [0.25, 0.3) is 0 Å². The van der Waals surface area contributed by atoms with Gasteiger partial charge in [-0.3, -0.25) is 0 Å². The standard InChI is InChI=1S/C13H20OS/c1-2-11-7-8-13(15-11)12(14)9-10-5-3-4-6-10/h7-8,10,12,14H,2-6,9H2,1H3. The molecule has 0 amide bonds. The van der Waals surface area contributed by atoms with Crippen molar-refractivity contribution in [3.05, 3.63) is 21.9 Å². The predicted molar refractivity (Wildman–Crippen MR) is 65.2 cm³/mol. The van der Waals surface area contributed by atoms with Crippen molar-refractivity contribution in [3.8, 4) is 0 Å². The number of aryl methyl sites for hydroxylation is 1. The fourth-order valence-corrected chi connectivity index (χ4v) is 3.39. The average Bonchev–Trinajstić information content (AvgIpc) is 2.86. The molecule has 1 aromatic heterocycles. The molecule has 1 aliphatic rings. The number of hydrogen-bond acceptors (Lipinski definition) is 2. The van der Waals surface area contributed by atoms with Gasteiger partial charge >= 0.3 is 0 Å². The minimum absolute atomic E-state index is 0.210. The molecule has 2 heteroatoms. The molecule has 0 aliphatic heterocycles. The normalized spacial score (nSPS) is 19.6. The third-order valence-corrected chi connectivity index (χ3v) is 4.72. The van der Waals surface area contributed by atoms with Crippen molar-refractivity contribution in [1.29, 1.82) is 0 Å². The molecule has 1 heterocycles. The van der Waals surface area contributed by atoms with Gasteiger partial charge < -0.3 is 5.11 Å². The van der Waals surface area contributed by atoms with Gasteiger partial charge in [0.2, 0.25) is 0 Å². The molecule has 1 atom stereocenters. The fraction of sp³-hybridized carbons (Fsp3) is 0.692. The van der Waals surface area contributed by atoms with Crippen LogP contribution < -0.4 is 0 Å². The molecule has 0 radical (unpaired) electrons. The van der Waals surface area contributed by atoms with E-state index >= 15 is 0 Å². The Morgan fingerprint density at radius 3 is 2.73 bits per heavy atom. The number of aliphatic hydroxyl groups is 1. The Morgan fingerprint density at radius 2 is 2.13 bits per heavy atom. The minimum atomic E-state index is -0.210. The van der Waals surface area contributed by atoms with Gasteiger partial charge in [0, 0.05) is 9.75 Å². The first kappa shape index (κ1) is 11.2. The van der Waals surface area contributed by atoms with Crippen LogP contribution in [0.4, 0.5) is 0 Å². The van der Waals surface area contributed by atoms with E-state index in [2.05, 4.69) is 19.1 Å². The largest absolute Gasteiger partial charge is 0.388 e. The van der Waals surface area contributed by atoms with Crippen LogP contribution in [0, 0.1) is 5.92 Å². The monoisotopic (exact) mass is 224 g/mol. The van der Waals surface area contributed by atoms with E-state index < -0.39 is 0 Å². The van der Waals surface area contributed by atoms with Crippen LogP contribution >= 0.6 is 11.3 Å². The van der Waals surface area contributed by atoms with Gasteiger partial charge in [0.15, 0.2) is 0 Å². The zero-order valence-corrected chi connectivity index (χ0v) is 10.2. The molecule has 0 spiro atoms. The Morgan fingerprint density at radius 1 is 1.40 bits per heavy atom. The van der Waals surface area contributed by atoms with E-state index in [1.807, 2.05) is 0 Å². The van der Waals surface area contributed by atoms with E-state index in [0.29, 0.717) is 0 Å². The molecule has 2 rings (SSSR count). The Kier molecular flexibility index (Phi) is 3.81. The Labute approximate surface area is 96.1 Å². The average molecular weight is 224 g/mol. The summed E-state index contributed by atoms with van der Waals surface area (Å²) < 4.78 is 0. The molecule has 1 nitrogen and oxygen atoms in total. The first-order chi connectivity index (χ1) is 7.29. The second kappa shape index (κ2) is 5.13. The second-order valence-electron chi connectivity index (χ2n) is 4.56. The van der Waals surface area contributed by atoms with Crippen LogP contribution in [0.2, 0.25) is 0 Å². The van der Waals surface area contributed by atoms with Crippen molar-refractivity contribution in [2.75, 3.05) is 0 Å². The molecular weight excluding hydrogens is 204 g/mol. The summed E-state index contributed by atoms with van der Waals surface area (Å²) >= 11 is 1.77. The van der Waals surface area contributed by atoms with Gasteiger partial charge in [-0.25, -0.2) is 0 Å². The molecule has 0 aromatic carbocycles. The molecule has 1 aromatic rings. The zero-order valence-electron chi connectivity index (χ0n) is 9.41. The van der Waals surface area contributed by atoms with Crippen molar-refractivity contribution in [3.63, 3.8) is 0 Å². The summed E-state index contributed by atoms with van der Waals surface area (Å²) in [5, 5.41) is 10.1. The summed E-state index contributed by atoms with van der Waals surface area (Å²) in [6.45, 7) is 2.17. The van der Waals surface area contributed by atoms with Gasteiger partial charge in [0.05, 0.1) is 6.10 Å². The topological polar surface area (TPSA) is 20.2 Å². The fourth-order valence-electron chi connectivity index (χ4n) is 2.44. The van der Waals surface area contributed by atoms with Crippen molar-refractivity contribution in [1.82, 2.24) is 0 Å². The van der Waals surface area contributed by atoms with E-state index in [1.165, 1.54) is 35.4 Å². The highest BCUT2D eigenvalue weighted by molar-refractivity contribution is 7.12. The summed E-state index contributed by atoms with van der Waals surface area (Å²) in [6.07, 6.45) is 7.22. The van der Waals surface area contributed by atoms with Crippen molar-refractivity contribution in [2.45, 2.75) is 51.6 Å². The summed E-state index contributed by atoms with van der Waals surface area (Å²) in [5.74, 6) is 0.771. The Hall–Kier alpha value is -0.340. The van der Waals surface area contributed by atoms with Gasteiger partial charge in [-0.2, -0.15) is 0 Å². The second-order valence-corrected chi connectivity index (χ2v) is 5.76.